The lowest BCUT2D eigenvalue weighted by Crippen LogP contribution is -2.46. The molecule has 5 heteroatoms. The van der Waals surface area contributed by atoms with Gasteiger partial charge in [-0.1, -0.05) is 35.2 Å². The molecule has 1 saturated carbocycles. The van der Waals surface area contributed by atoms with Crippen molar-refractivity contribution in [3.63, 3.8) is 0 Å². The molecule has 1 fully saturated rings. The Bertz CT molecular complexity index is 501. The number of carbonyl (C=O) groups is 1. The number of methoxy groups -OCH3 is 1. The van der Waals surface area contributed by atoms with E-state index in [0.717, 1.165) is 15.8 Å². The summed E-state index contributed by atoms with van der Waals surface area (Å²) >= 11 is 3.44. The second-order valence-corrected chi connectivity index (χ2v) is 6.86. The smallest absolute Gasteiger partial charge is 0.224 e. The summed E-state index contributed by atoms with van der Waals surface area (Å²) in [6, 6.07) is 5.79. The molecule has 1 amide bonds. The van der Waals surface area contributed by atoms with Crippen LogP contribution in [0.2, 0.25) is 0 Å². The van der Waals surface area contributed by atoms with Gasteiger partial charge in [-0.25, -0.2) is 0 Å². The highest BCUT2D eigenvalue weighted by Crippen LogP contribution is 2.27. The van der Waals surface area contributed by atoms with Crippen molar-refractivity contribution in [3.05, 3.63) is 28.2 Å². The minimum atomic E-state index is 0.0115. The van der Waals surface area contributed by atoms with Gasteiger partial charge < -0.3 is 15.8 Å². The number of amides is 1. The summed E-state index contributed by atoms with van der Waals surface area (Å²) in [5.41, 5.74) is 6.76. The molecule has 1 aromatic rings. The summed E-state index contributed by atoms with van der Waals surface area (Å²) in [4.78, 5) is 12.4. The van der Waals surface area contributed by atoms with Gasteiger partial charge in [0.2, 0.25) is 5.91 Å². The van der Waals surface area contributed by atoms with Crippen LogP contribution in [0.25, 0.3) is 0 Å². The molecule has 0 heterocycles. The lowest BCUT2D eigenvalue weighted by Gasteiger charge is -2.30. The number of hydrogen-bond donors (Lipinski definition) is 2. The highest BCUT2D eigenvalue weighted by Gasteiger charge is 2.24. The van der Waals surface area contributed by atoms with E-state index in [4.69, 9.17) is 10.5 Å². The molecule has 0 bridgehead atoms. The molecule has 3 N–H and O–H groups in total. The van der Waals surface area contributed by atoms with E-state index < -0.39 is 0 Å². The number of benzene rings is 1. The van der Waals surface area contributed by atoms with E-state index in [1.807, 2.05) is 18.2 Å². The zero-order valence-corrected chi connectivity index (χ0v) is 14.7. The molecule has 0 aromatic heterocycles. The Morgan fingerprint density at radius 1 is 1.41 bits per heavy atom. The first-order valence-electron chi connectivity index (χ1n) is 7.96. The number of halogens is 1. The number of carbonyl (C=O) groups excluding carboxylic acids is 1. The van der Waals surface area contributed by atoms with E-state index in [2.05, 4.69) is 21.2 Å². The molecule has 0 radical (unpaired) electrons. The van der Waals surface area contributed by atoms with Crippen molar-refractivity contribution in [2.24, 2.45) is 11.7 Å². The van der Waals surface area contributed by atoms with Gasteiger partial charge in [-0.3, -0.25) is 4.79 Å². The number of rotatable bonds is 6. The SMILES string of the molecule is COc1ccc(Br)cc1CC(=O)NC(CN)C1CCCCC1. The van der Waals surface area contributed by atoms with Crippen molar-refractivity contribution in [2.45, 2.75) is 44.6 Å². The number of ether oxygens (including phenoxy) is 1. The molecule has 1 aromatic carbocycles. The summed E-state index contributed by atoms with van der Waals surface area (Å²) < 4.78 is 6.27. The van der Waals surface area contributed by atoms with Crippen LogP contribution in [0, 0.1) is 5.92 Å². The van der Waals surface area contributed by atoms with E-state index in [1.54, 1.807) is 7.11 Å². The molecule has 4 nitrogen and oxygen atoms in total. The molecule has 1 aliphatic carbocycles. The summed E-state index contributed by atoms with van der Waals surface area (Å²) in [6.45, 7) is 0.506. The Morgan fingerprint density at radius 2 is 2.14 bits per heavy atom. The minimum Gasteiger partial charge on any atom is -0.496 e. The van der Waals surface area contributed by atoms with Gasteiger partial charge in [0.1, 0.15) is 5.75 Å². The topological polar surface area (TPSA) is 64.3 Å². The molecule has 122 valence electrons. The maximum Gasteiger partial charge on any atom is 0.224 e. The highest BCUT2D eigenvalue weighted by molar-refractivity contribution is 9.10. The van der Waals surface area contributed by atoms with Crippen LogP contribution in [0.1, 0.15) is 37.7 Å². The third-order valence-electron chi connectivity index (χ3n) is 4.41. The molecule has 0 saturated heterocycles. The molecular weight excluding hydrogens is 344 g/mol. The van der Waals surface area contributed by atoms with Crippen LogP contribution in [0.5, 0.6) is 5.75 Å². The van der Waals surface area contributed by atoms with Crippen LogP contribution < -0.4 is 15.8 Å². The zero-order valence-electron chi connectivity index (χ0n) is 13.1. The Balaban J connectivity index is 1.97. The highest BCUT2D eigenvalue weighted by atomic mass is 79.9. The first kappa shape index (κ1) is 17.3. The minimum absolute atomic E-state index is 0.0115. The van der Waals surface area contributed by atoms with Crippen molar-refractivity contribution in [1.82, 2.24) is 5.32 Å². The fraction of sp³-hybridized carbons (Fsp3) is 0.588. The molecule has 22 heavy (non-hydrogen) atoms. The first-order valence-corrected chi connectivity index (χ1v) is 8.75. The second-order valence-electron chi connectivity index (χ2n) is 5.94. The van der Waals surface area contributed by atoms with Gasteiger partial charge in [-0.2, -0.15) is 0 Å². The first-order chi connectivity index (χ1) is 10.6. The predicted octanol–water partition coefficient (Wildman–Crippen LogP) is 3.02. The van der Waals surface area contributed by atoms with Gasteiger partial charge in [0.15, 0.2) is 0 Å². The number of nitrogens with two attached hydrogens (primary N) is 1. The molecule has 2 rings (SSSR count). The predicted molar refractivity (Wildman–Crippen MR) is 92.0 cm³/mol. The molecular formula is C17H25BrN2O2. The van der Waals surface area contributed by atoms with Crippen LogP contribution in [0.3, 0.4) is 0 Å². The monoisotopic (exact) mass is 368 g/mol. The fourth-order valence-corrected chi connectivity index (χ4v) is 3.63. The largest absolute Gasteiger partial charge is 0.496 e. The van der Waals surface area contributed by atoms with Crippen LogP contribution in [0.4, 0.5) is 0 Å². The quantitative estimate of drug-likeness (QED) is 0.810. The normalized spacial score (nSPS) is 17.0. The standard InChI is InChI=1S/C17H25BrN2O2/c1-22-16-8-7-14(18)9-13(16)10-17(21)20-15(11-19)12-5-3-2-4-6-12/h7-9,12,15H,2-6,10-11,19H2,1H3,(H,20,21). The van der Waals surface area contributed by atoms with Gasteiger partial charge in [0, 0.05) is 22.6 Å². The van der Waals surface area contributed by atoms with Gasteiger partial charge in [-0.15, -0.1) is 0 Å². The van der Waals surface area contributed by atoms with E-state index in [-0.39, 0.29) is 11.9 Å². The molecule has 0 aliphatic heterocycles. The van der Waals surface area contributed by atoms with Crippen molar-refractivity contribution in [1.29, 1.82) is 0 Å². The Kier molecular flexibility index (Phi) is 6.70. The third-order valence-corrected chi connectivity index (χ3v) is 4.91. The molecule has 0 spiro atoms. The Labute approximate surface area is 140 Å². The summed E-state index contributed by atoms with van der Waals surface area (Å²) in [5, 5.41) is 3.12. The van der Waals surface area contributed by atoms with Crippen LogP contribution in [0.15, 0.2) is 22.7 Å². The summed E-state index contributed by atoms with van der Waals surface area (Å²) in [5.74, 6) is 1.27. The van der Waals surface area contributed by atoms with Crippen LogP contribution in [-0.2, 0) is 11.2 Å². The number of hydrogen-bond acceptors (Lipinski definition) is 3. The van der Waals surface area contributed by atoms with Crippen molar-refractivity contribution in [3.8, 4) is 5.75 Å². The Hall–Kier alpha value is -1.07. The maximum atomic E-state index is 12.4. The zero-order chi connectivity index (χ0) is 15.9. The lowest BCUT2D eigenvalue weighted by molar-refractivity contribution is -0.121. The van der Waals surface area contributed by atoms with E-state index in [1.165, 1.54) is 32.1 Å². The average molecular weight is 369 g/mol. The lowest BCUT2D eigenvalue weighted by atomic mass is 9.84. The van der Waals surface area contributed by atoms with Gasteiger partial charge in [0.25, 0.3) is 0 Å². The van der Waals surface area contributed by atoms with Crippen molar-refractivity contribution < 1.29 is 9.53 Å². The van der Waals surface area contributed by atoms with E-state index >= 15 is 0 Å². The van der Waals surface area contributed by atoms with Gasteiger partial charge in [-0.05, 0) is 37.0 Å². The molecule has 1 atom stereocenters. The van der Waals surface area contributed by atoms with Crippen molar-refractivity contribution in [2.75, 3.05) is 13.7 Å². The van der Waals surface area contributed by atoms with Gasteiger partial charge >= 0.3 is 0 Å². The summed E-state index contributed by atoms with van der Waals surface area (Å²) in [6.07, 6.45) is 6.44. The van der Waals surface area contributed by atoms with Gasteiger partial charge in [0.05, 0.1) is 13.5 Å². The average Bonchev–Trinajstić information content (AvgIpc) is 2.53. The Morgan fingerprint density at radius 3 is 2.77 bits per heavy atom. The van der Waals surface area contributed by atoms with Crippen molar-refractivity contribution >= 4 is 21.8 Å². The molecule has 1 unspecified atom stereocenters. The second kappa shape index (κ2) is 8.53. The maximum absolute atomic E-state index is 12.4. The molecule has 1 aliphatic rings. The number of nitrogens with one attached hydrogen (secondary N) is 1. The van der Waals surface area contributed by atoms with Crippen LogP contribution in [-0.4, -0.2) is 25.6 Å². The summed E-state index contributed by atoms with van der Waals surface area (Å²) in [7, 11) is 1.62. The van der Waals surface area contributed by atoms with E-state index in [0.29, 0.717) is 18.9 Å². The fourth-order valence-electron chi connectivity index (χ4n) is 3.22. The van der Waals surface area contributed by atoms with E-state index in [9.17, 15) is 4.79 Å². The third kappa shape index (κ3) is 4.71. The van der Waals surface area contributed by atoms with Crippen LogP contribution >= 0.6 is 15.9 Å².